The molecule has 0 aliphatic heterocycles. The van der Waals surface area contributed by atoms with Gasteiger partial charge in [0.25, 0.3) is 0 Å². The van der Waals surface area contributed by atoms with Crippen molar-refractivity contribution in [2.24, 2.45) is 5.92 Å². The van der Waals surface area contributed by atoms with Gasteiger partial charge in [-0.2, -0.15) is 0 Å². The molecule has 0 aliphatic rings. The Kier molecular flexibility index (Phi) is 5.34. The van der Waals surface area contributed by atoms with Gasteiger partial charge in [0.15, 0.2) is 0 Å². The molecular weight excluding hydrogens is 202 g/mol. The molecule has 1 heterocycles. The van der Waals surface area contributed by atoms with E-state index < -0.39 is 0 Å². The van der Waals surface area contributed by atoms with Crippen molar-refractivity contribution in [2.45, 2.75) is 46.1 Å². The first-order valence-electron chi connectivity index (χ1n) is 5.96. The molecule has 0 aliphatic carbocycles. The van der Waals surface area contributed by atoms with E-state index in [1.807, 2.05) is 11.3 Å². The summed E-state index contributed by atoms with van der Waals surface area (Å²) in [4.78, 5) is 3.02. The van der Waals surface area contributed by atoms with Gasteiger partial charge in [-0.15, -0.1) is 11.3 Å². The van der Waals surface area contributed by atoms with Gasteiger partial charge < -0.3 is 5.32 Å². The predicted molar refractivity (Wildman–Crippen MR) is 69.7 cm³/mol. The molecule has 0 aromatic carbocycles. The van der Waals surface area contributed by atoms with Gasteiger partial charge in [-0.05, 0) is 37.9 Å². The molecule has 0 fully saturated rings. The Bertz CT molecular complexity index is 280. The Hall–Kier alpha value is -0.340. The molecule has 2 atom stereocenters. The van der Waals surface area contributed by atoms with Gasteiger partial charge in [0.05, 0.1) is 0 Å². The number of nitrogens with one attached hydrogen (secondary N) is 1. The summed E-state index contributed by atoms with van der Waals surface area (Å²) in [5.74, 6) is 0.752. The molecule has 0 saturated carbocycles. The van der Waals surface area contributed by atoms with E-state index in [2.05, 4.69) is 45.3 Å². The van der Waals surface area contributed by atoms with Crippen LogP contribution in [-0.2, 0) is 12.8 Å². The lowest BCUT2D eigenvalue weighted by Crippen LogP contribution is -2.33. The van der Waals surface area contributed by atoms with Crippen LogP contribution >= 0.6 is 11.3 Å². The van der Waals surface area contributed by atoms with Crippen molar-refractivity contribution >= 4 is 11.3 Å². The summed E-state index contributed by atoms with van der Waals surface area (Å²) in [6, 6.07) is 5.18. The van der Waals surface area contributed by atoms with Crippen molar-refractivity contribution in [1.29, 1.82) is 0 Å². The van der Waals surface area contributed by atoms with Gasteiger partial charge in [-0.25, -0.2) is 0 Å². The van der Waals surface area contributed by atoms with Gasteiger partial charge >= 0.3 is 0 Å². The summed E-state index contributed by atoms with van der Waals surface area (Å²) in [5.41, 5.74) is 0. The third-order valence-corrected chi connectivity index (χ3v) is 4.44. The van der Waals surface area contributed by atoms with Crippen LogP contribution in [0.2, 0.25) is 0 Å². The summed E-state index contributed by atoms with van der Waals surface area (Å²) in [6.07, 6.45) is 3.59. The van der Waals surface area contributed by atoms with Gasteiger partial charge in [-0.3, -0.25) is 0 Å². The van der Waals surface area contributed by atoms with E-state index in [0.29, 0.717) is 6.04 Å². The van der Waals surface area contributed by atoms with E-state index >= 15 is 0 Å². The van der Waals surface area contributed by atoms with E-state index in [0.717, 1.165) is 12.3 Å². The third-order valence-electron chi connectivity index (χ3n) is 3.19. The highest BCUT2D eigenvalue weighted by molar-refractivity contribution is 7.11. The fourth-order valence-corrected chi connectivity index (χ4v) is 2.83. The maximum Gasteiger partial charge on any atom is 0.0138 e. The van der Waals surface area contributed by atoms with Gasteiger partial charge in [-0.1, -0.05) is 27.2 Å². The molecule has 1 rings (SSSR count). The number of rotatable bonds is 6. The molecule has 86 valence electrons. The molecule has 1 N–H and O–H groups in total. The zero-order chi connectivity index (χ0) is 11.3. The standard InChI is InChI=1S/C13H23NS/c1-5-10(3)13(14-4)9-12-8-7-11(6-2)15-12/h7-8,10,13-14H,5-6,9H2,1-4H3. The number of likely N-dealkylation sites (N-methyl/N-ethyl adjacent to an activating group) is 1. The largest absolute Gasteiger partial charge is 0.316 e. The van der Waals surface area contributed by atoms with E-state index in [-0.39, 0.29) is 0 Å². The molecule has 0 spiro atoms. The summed E-state index contributed by atoms with van der Waals surface area (Å²) in [5, 5.41) is 3.44. The lowest BCUT2D eigenvalue weighted by molar-refractivity contribution is 0.388. The van der Waals surface area contributed by atoms with E-state index in [1.165, 1.54) is 22.6 Å². The Morgan fingerprint density at radius 2 is 1.93 bits per heavy atom. The fourth-order valence-electron chi connectivity index (χ4n) is 1.81. The molecule has 2 heteroatoms. The van der Waals surface area contributed by atoms with Crippen molar-refractivity contribution in [3.05, 3.63) is 21.9 Å². The van der Waals surface area contributed by atoms with Crippen LogP contribution in [0.1, 0.15) is 36.9 Å². The first-order chi connectivity index (χ1) is 7.21. The minimum absolute atomic E-state index is 0.623. The normalized spacial score (nSPS) is 15.2. The second-order valence-corrected chi connectivity index (χ2v) is 5.46. The molecule has 1 aromatic heterocycles. The van der Waals surface area contributed by atoms with Crippen LogP contribution in [0.4, 0.5) is 0 Å². The first kappa shape index (κ1) is 12.7. The molecule has 0 saturated heterocycles. The SMILES string of the molecule is CCc1ccc(CC(NC)C(C)CC)s1. The Morgan fingerprint density at radius 3 is 2.40 bits per heavy atom. The van der Waals surface area contributed by atoms with Gasteiger partial charge in [0.1, 0.15) is 0 Å². The second kappa shape index (κ2) is 6.29. The maximum absolute atomic E-state index is 3.44. The van der Waals surface area contributed by atoms with Crippen molar-refractivity contribution in [3.63, 3.8) is 0 Å². The van der Waals surface area contributed by atoms with E-state index in [9.17, 15) is 0 Å². The van der Waals surface area contributed by atoms with Gasteiger partial charge in [0, 0.05) is 15.8 Å². The van der Waals surface area contributed by atoms with Crippen molar-refractivity contribution < 1.29 is 0 Å². The molecule has 0 radical (unpaired) electrons. The van der Waals surface area contributed by atoms with Crippen molar-refractivity contribution in [2.75, 3.05) is 7.05 Å². The lowest BCUT2D eigenvalue weighted by atomic mass is 9.96. The van der Waals surface area contributed by atoms with Crippen LogP contribution in [0.15, 0.2) is 12.1 Å². The van der Waals surface area contributed by atoms with Crippen LogP contribution < -0.4 is 5.32 Å². The van der Waals surface area contributed by atoms with E-state index in [4.69, 9.17) is 0 Å². The highest BCUT2D eigenvalue weighted by Crippen LogP contribution is 2.21. The summed E-state index contributed by atoms with van der Waals surface area (Å²) < 4.78 is 0. The zero-order valence-corrected chi connectivity index (χ0v) is 11.2. The zero-order valence-electron chi connectivity index (χ0n) is 10.3. The average molecular weight is 225 g/mol. The van der Waals surface area contributed by atoms with Crippen molar-refractivity contribution in [3.8, 4) is 0 Å². The minimum atomic E-state index is 0.623. The summed E-state index contributed by atoms with van der Waals surface area (Å²) in [6.45, 7) is 6.82. The predicted octanol–water partition coefficient (Wildman–Crippen LogP) is 3.49. The molecule has 1 aromatic rings. The minimum Gasteiger partial charge on any atom is -0.316 e. The fraction of sp³-hybridized carbons (Fsp3) is 0.692. The van der Waals surface area contributed by atoms with Crippen LogP contribution in [-0.4, -0.2) is 13.1 Å². The van der Waals surface area contributed by atoms with Crippen LogP contribution in [0.25, 0.3) is 0 Å². The monoisotopic (exact) mass is 225 g/mol. The smallest absolute Gasteiger partial charge is 0.0138 e. The highest BCUT2D eigenvalue weighted by atomic mass is 32.1. The van der Waals surface area contributed by atoms with Gasteiger partial charge in [0.2, 0.25) is 0 Å². The number of hydrogen-bond acceptors (Lipinski definition) is 2. The summed E-state index contributed by atoms with van der Waals surface area (Å²) in [7, 11) is 2.07. The maximum atomic E-state index is 3.44. The van der Waals surface area contributed by atoms with Crippen LogP contribution in [0, 0.1) is 5.92 Å². The Labute approximate surface area is 97.9 Å². The topological polar surface area (TPSA) is 12.0 Å². The molecule has 1 nitrogen and oxygen atoms in total. The second-order valence-electron chi connectivity index (χ2n) is 4.21. The quantitative estimate of drug-likeness (QED) is 0.781. The Morgan fingerprint density at radius 1 is 1.27 bits per heavy atom. The molecule has 2 unspecified atom stereocenters. The number of hydrogen-bond donors (Lipinski definition) is 1. The van der Waals surface area contributed by atoms with E-state index in [1.54, 1.807) is 0 Å². The molecule has 15 heavy (non-hydrogen) atoms. The molecular formula is C13H23NS. The van der Waals surface area contributed by atoms with Crippen molar-refractivity contribution in [1.82, 2.24) is 5.32 Å². The number of thiophene rings is 1. The average Bonchev–Trinajstić information content (AvgIpc) is 2.72. The number of aryl methyl sites for hydroxylation is 1. The molecule has 0 amide bonds. The summed E-state index contributed by atoms with van der Waals surface area (Å²) >= 11 is 1.96. The van der Waals surface area contributed by atoms with Crippen LogP contribution in [0.3, 0.4) is 0 Å². The third kappa shape index (κ3) is 3.62. The highest BCUT2D eigenvalue weighted by Gasteiger charge is 2.14. The first-order valence-corrected chi connectivity index (χ1v) is 6.77. The Balaban J connectivity index is 2.58. The van der Waals surface area contributed by atoms with Crippen LogP contribution in [0.5, 0.6) is 0 Å². The molecule has 0 bridgehead atoms. The lowest BCUT2D eigenvalue weighted by Gasteiger charge is -2.21.